The SMILES string of the molecule is CC(O)(CNC(=O)COc1ccccc1Cl)c1cccs1. The summed E-state index contributed by atoms with van der Waals surface area (Å²) in [7, 11) is 0. The largest absolute Gasteiger partial charge is 0.482 e. The minimum atomic E-state index is -1.09. The first kappa shape index (κ1) is 15.8. The number of carbonyl (C=O) groups excluding carboxylic acids is 1. The molecule has 1 aromatic heterocycles. The van der Waals surface area contributed by atoms with E-state index in [-0.39, 0.29) is 19.1 Å². The van der Waals surface area contributed by atoms with Gasteiger partial charge in [0.25, 0.3) is 5.91 Å². The molecule has 0 fully saturated rings. The van der Waals surface area contributed by atoms with Crippen LogP contribution in [-0.4, -0.2) is 24.2 Å². The summed E-state index contributed by atoms with van der Waals surface area (Å²) in [4.78, 5) is 12.6. The maximum Gasteiger partial charge on any atom is 0.258 e. The molecule has 21 heavy (non-hydrogen) atoms. The number of para-hydroxylation sites is 1. The lowest BCUT2D eigenvalue weighted by Crippen LogP contribution is -2.40. The van der Waals surface area contributed by atoms with E-state index in [4.69, 9.17) is 16.3 Å². The zero-order valence-corrected chi connectivity index (χ0v) is 13.1. The van der Waals surface area contributed by atoms with Crippen LogP contribution in [0.4, 0.5) is 0 Å². The van der Waals surface area contributed by atoms with Crippen LogP contribution in [0, 0.1) is 0 Å². The minimum Gasteiger partial charge on any atom is -0.482 e. The van der Waals surface area contributed by atoms with Crippen molar-refractivity contribution in [2.24, 2.45) is 0 Å². The number of carbonyl (C=O) groups is 1. The number of amides is 1. The van der Waals surface area contributed by atoms with Gasteiger partial charge in [0.1, 0.15) is 11.4 Å². The Morgan fingerprint density at radius 3 is 2.81 bits per heavy atom. The highest BCUT2D eigenvalue weighted by Gasteiger charge is 2.24. The summed E-state index contributed by atoms with van der Waals surface area (Å²) >= 11 is 7.37. The predicted octanol–water partition coefficient (Wildman–Crippen LogP) is 2.80. The number of rotatable bonds is 6. The van der Waals surface area contributed by atoms with Crippen molar-refractivity contribution in [3.05, 3.63) is 51.7 Å². The second-order valence-electron chi connectivity index (χ2n) is 4.75. The van der Waals surface area contributed by atoms with Gasteiger partial charge in [-0.2, -0.15) is 0 Å². The van der Waals surface area contributed by atoms with Crippen LogP contribution in [0.25, 0.3) is 0 Å². The van der Waals surface area contributed by atoms with Crippen molar-refractivity contribution in [3.8, 4) is 5.75 Å². The fourth-order valence-electron chi connectivity index (χ4n) is 1.70. The van der Waals surface area contributed by atoms with Gasteiger partial charge in [-0.15, -0.1) is 11.3 Å². The van der Waals surface area contributed by atoms with E-state index in [9.17, 15) is 9.90 Å². The fourth-order valence-corrected chi connectivity index (χ4v) is 2.68. The number of benzene rings is 1. The molecule has 1 unspecified atom stereocenters. The van der Waals surface area contributed by atoms with Crippen molar-refractivity contribution >= 4 is 28.8 Å². The minimum absolute atomic E-state index is 0.123. The quantitative estimate of drug-likeness (QED) is 0.858. The summed E-state index contributed by atoms with van der Waals surface area (Å²) in [6.07, 6.45) is 0. The van der Waals surface area contributed by atoms with Gasteiger partial charge in [0.05, 0.1) is 11.6 Å². The molecule has 1 aromatic carbocycles. The molecule has 2 N–H and O–H groups in total. The van der Waals surface area contributed by atoms with Crippen LogP contribution in [-0.2, 0) is 10.4 Å². The lowest BCUT2D eigenvalue weighted by molar-refractivity contribution is -0.124. The third kappa shape index (κ3) is 4.46. The summed E-state index contributed by atoms with van der Waals surface area (Å²) < 4.78 is 5.33. The van der Waals surface area contributed by atoms with E-state index in [1.165, 1.54) is 11.3 Å². The number of ether oxygens (including phenoxy) is 1. The second-order valence-corrected chi connectivity index (χ2v) is 6.10. The van der Waals surface area contributed by atoms with Gasteiger partial charge in [-0.1, -0.05) is 29.8 Å². The van der Waals surface area contributed by atoms with E-state index >= 15 is 0 Å². The molecule has 1 atom stereocenters. The summed E-state index contributed by atoms with van der Waals surface area (Å²) in [6.45, 7) is 1.64. The molecule has 2 rings (SSSR count). The van der Waals surface area contributed by atoms with Crippen LogP contribution < -0.4 is 10.1 Å². The van der Waals surface area contributed by atoms with Crippen LogP contribution >= 0.6 is 22.9 Å². The Labute approximate surface area is 132 Å². The molecule has 0 bridgehead atoms. The van der Waals surface area contributed by atoms with Crippen LogP contribution in [0.1, 0.15) is 11.8 Å². The van der Waals surface area contributed by atoms with E-state index in [0.29, 0.717) is 10.8 Å². The van der Waals surface area contributed by atoms with Gasteiger partial charge in [0.2, 0.25) is 0 Å². The molecule has 1 amide bonds. The second kappa shape index (κ2) is 6.93. The maximum atomic E-state index is 11.8. The number of thiophene rings is 1. The number of nitrogens with one attached hydrogen (secondary N) is 1. The van der Waals surface area contributed by atoms with Crippen molar-refractivity contribution < 1.29 is 14.6 Å². The van der Waals surface area contributed by atoms with Crippen molar-refractivity contribution in [2.75, 3.05) is 13.2 Å². The summed E-state index contributed by atoms with van der Waals surface area (Å²) in [5.41, 5.74) is -1.09. The van der Waals surface area contributed by atoms with E-state index in [1.54, 1.807) is 31.2 Å². The van der Waals surface area contributed by atoms with E-state index in [0.717, 1.165) is 4.88 Å². The number of hydrogen-bond acceptors (Lipinski definition) is 4. The molecule has 1 heterocycles. The number of halogens is 1. The summed E-state index contributed by atoms with van der Waals surface area (Å²) in [5, 5.41) is 15.3. The van der Waals surface area contributed by atoms with Gasteiger partial charge >= 0.3 is 0 Å². The lowest BCUT2D eigenvalue weighted by atomic mass is 10.1. The molecule has 112 valence electrons. The smallest absolute Gasteiger partial charge is 0.258 e. The van der Waals surface area contributed by atoms with Crippen molar-refractivity contribution in [1.82, 2.24) is 5.32 Å². The standard InChI is InChI=1S/C15H16ClNO3S/c1-15(19,13-7-4-8-21-13)10-17-14(18)9-20-12-6-3-2-5-11(12)16/h2-8,19H,9-10H2,1H3,(H,17,18). The zero-order valence-electron chi connectivity index (χ0n) is 11.5. The Hall–Kier alpha value is -1.56. The van der Waals surface area contributed by atoms with Crippen LogP contribution in [0.15, 0.2) is 41.8 Å². The molecule has 4 nitrogen and oxygen atoms in total. The Balaban J connectivity index is 1.82. The number of hydrogen-bond donors (Lipinski definition) is 2. The molecule has 2 aromatic rings. The molecule has 0 saturated heterocycles. The van der Waals surface area contributed by atoms with Gasteiger partial charge in [-0.25, -0.2) is 0 Å². The highest BCUT2D eigenvalue weighted by Crippen LogP contribution is 2.24. The van der Waals surface area contributed by atoms with Gasteiger partial charge in [0.15, 0.2) is 6.61 Å². The third-order valence-electron chi connectivity index (χ3n) is 2.88. The average Bonchev–Trinajstić information content (AvgIpc) is 2.99. The van der Waals surface area contributed by atoms with Crippen LogP contribution in [0.5, 0.6) is 5.75 Å². The van der Waals surface area contributed by atoms with Gasteiger partial charge < -0.3 is 15.2 Å². The van der Waals surface area contributed by atoms with E-state index in [1.807, 2.05) is 17.5 Å². The Morgan fingerprint density at radius 2 is 2.14 bits per heavy atom. The molecule has 0 aliphatic heterocycles. The topological polar surface area (TPSA) is 58.6 Å². The lowest BCUT2D eigenvalue weighted by Gasteiger charge is -2.22. The van der Waals surface area contributed by atoms with Crippen molar-refractivity contribution in [1.29, 1.82) is 0 Å². The molecule has 0 radical (unpaired) electrons. The highest BCUT2D eigenvalue weighted by molar-refractivity contribution is 7.10. The maximum absolute atomic E-state index is 11.8. The van der Waals surface area contributed by atoms with Crippen molar-refractivity contribution in [2.45, 2.75) is 12.5 Å². The highest BCUT2D eigenvalue weighted by atomic mass is 35.5. The molecule has 0 aliphatic rings. The predicted molar refractivity (Wildman–Crippen MR) is 83.8 cm³/mol. The summed E-state index contributed by atoms with van der Waals surface area (Å²) in [6, 6.07) is 10.6. The molecule has 6 heteroatoms. The molecular weight excluding hydrogens is 310 g/mol. The number of aliphatic hydroxyl groups is 1. The molecule has 0 saturated carbocycles. The fraction of sp³-hybridized carbons (Fsp3) is 0.267. The Bertz CT molecular complexity index is 599. The monoisotopic (exact) mass is 325 g/mol. The first-order chi connectivity index (χ1) is 9.99. The van der Waals surface area contributed by atoms with Gasteiger partial charge in [-0.3, -0.25) is 4.79 Å². The van der Waals surface area contributed by atoms with E-state index in [2.05, 4.69) is 5.32 Å². The molecular formula is C15H16ClNO3S. The van der Waals surface area contributed by atoms with E-state index < -0.39 is 5.60 Å². The summed E-state index contributed by atoms with van der Waals surface area (Å²) in [5.74, 6) is 0.145. The van der Waals surface area contributed by atoms with Crippen LogP contribution in [0.3, 0.4) is 0 Å². The van der Waals surface area contributed by atoms with Crippen molar-refractivity contribution in [3.63, 3.8) is 0 Å². The first-order valence-electron chi connectivity index (χ1n) is 6.39. The van der Waals surface area contributed by atoms with Crippen LogP contribution in [0.2, 0.25) is 5.02 Å². The average molecular weight is 326 g/mol. The Kier molecular flexibility index (Phi) is 5.22. The third-order valence-corrected chi connectivity index (χ3v) is 4.31. The van der Waals surface area contributed by atoms with Gasteiger partial charge in [-0.05, 0) is 30.5 Å². The normalized spacial score (nSPS) is 13.5. The Morgan fingerprint density at radius 1 is 1.38 bits per heavy atom. The first-order valence-corrected chi connectivity index (χ1v) is 7.65. The molecule has 0 aliphatic carbocycles. The van der Waals surface area contributed by atoms with Gasteiger partial charge in [0, 0.05) is 4.88 Å². The molecule has 0 spiro atoms. The zero-order chi connectivity index (χ0) is 15.3.